The molecule has 1 aromatic carbocycles. The number of hydrogen-bond acceptors (Lipinski definition) is 6. The van der Waals surface area contributed by atoms with Gasteiger partial charge in [-0.2, -0.15) is 5.10 Å². The number of benzene rings is 1. The standard InChI is InChI=1S/C30H43N5O4/c1-20-24(21(2)33(3)32-20)10-12-30(37)34-13-5-6-15-39-28-17-22(9-11-27(28)38-4)26-16-23(18-31-29(36)19-34)25-8-7-14-35(25)26/h9,11,17,23,25-26H,5-8,10,12-16,18-19H2,1-4H3,(H,31,36)/t23-,25+,26-/m1/s1. The smallest absolute Gasteiger partial charge is 0.239 e. The third-order valence-corrected chi connectivity index (χ3v) is 8.96. The lowest BCUT2D eigenvalue weighted by Gasteiger charge is -2.25. The minimum absolute atomic E-state index is 0.00658. The predicted octanol–water partition coefficient (Wildman–Crippen LogP) is 3.32. The Kier molecular flexibility index (Phi) is 8.45. The van der Waals surface area contributed by atoms with Gasteiger partial charge in [-0.3, -0.25) is 19.2 Å². The van der Waals surface area contributed by atoms with Crippen molar-refractivity contribution in [3.05, 3.63) is 40.7 Å². The molecule has 3 aliphatic heterocycles. The van der Waals surface area contributed by atoms with Crippen molar-refractivity contribution < 1.29 is 19.1 Å². The zero-order chi connectivity index (χ0) is 27.5. The molecule has 0 saturated carbocycles. The summed E-state index contributed by atoms with van der Waals surface area (Å²) in [6, 6.07) is 7.11. The summed E-state index contributed by atoms with van der Waals surface area (Å²) in [4.78, 5) is 30.8. The van der Waals surface area contributed by atoms with Crippen LogP contribution >= 0.6 is 0 Å². The number of methoxy groups -OCH3 is 1. The van der Waals surface area contributed by atoms with Crippen LogP contribution in [0.5, 0.6) is 11.5 Å². The fourth-order valence-corrected chi connectivity index (χ4v) is 6.77. The van der Waals surface area contributed by atoms with E-state index < -0.39 is 0 Å². The van der Waals surface area contributed by atoms with Crippen LogP contribution in [0.25, 0.3) is 0 Å². The molecule has 0 aliphatic carbocycles. The number of carbonyl (C=O) groups is 2. The van der Waals surface area contributed by atoms with Crippen molar-refractivity contribution in [2.24, 2.45) is 13.0 Å². The average molecular weight is 538 g/mol. The molecular formula is C30H43N5O4. The first-order valence-electron chi connectivity index (χ1n) is 14.5. The van der Waals surface area contributed by atoms with Gasteiger partial charge in [-0.25, -0.2) is 0 Å². The van der Waals surface area contributed by atoms with Crippen molar-refractivity contribution >= 4 is 11.8 Å². The molecule has 1 N–H and O–H groups in total. The number of nitrogens with zero attached hydrogens (tertiary/aromatic N) is 4. The molecule has 4 bridgehead atoms. The summed E-state index contributed by atoms with van der Waals surface area (Å²) in [5.74, 6) is 1.86. The SMILES string of the molecule is COc1ccc2cc1OCCCCN(C(=O)CCc1c(C)nn(C)c1C)CC(=O)NC[C@H]1C[C@H]2N2CCC[C@@H]12. The molecule has 2 amide bonds. The molecule has 39 heavy (non-hydrogen) atoms. The van der Waals surface area contributed by atoms with E-state index in [-0.39, 0.29) is 18.4 Å². The molecule has 212 valence electrons. The van der Waals surface area contributed by atoms with Gasteiger partial charge in [0.15, 0.2) is 11.5 Å². The lowest BCUT2D eigenvalue weighted by molar-refractivity contribution is -0.136. The zero-order valence-corrected chi connectivity index (χ0v) is 23.9. The maximum atomic E-state index is 13.3. The van der Waals surface area contributed by atoms with Gasteiger partial charge in [0.2, 0.25) is 11.8 Å². The molecule has 3 aliphatic rings. The zero-order valence-electron chi connectivity index (χ0n) is 23.9. The van der Waals surface area contributed by atoms with Crippen LogP contribution in [-0.4, -0.2) is 77.3 Å². The largest absolute Gasteiger partial charge is 0.493 e. The van der Waals surface area contributed by atoms with Crippen molar-refractivity contribution in [2.75, 3.05) is 39.9 Å². The van der Waals surface area contributed by atoms with Crippen molar-refractivity contribution in [3.8, 4) is 11.5 Å². The third-order valence-electron chi connectivity index (χ3n) is 8.96. The highest BCUT2D eigenvalue weighted by atomic mass is 16.5. The quantitative estimate of drug-likeness (QED) is 0.644. The summed E-state index contributed by atoms with van der Waals surface area (Å²) in [5.41, 5.74) is 4.42. The summed E-state index contributed by atoms with van der Waals surface area (Å²) < 4.78 is 13.7. The predicted molar refractivity (Wildman–Crippen MR) is 149 cm³/mol. The van der Waals surface area contributed by atoms with Crippen LogP contribution in [0.2, 0.25) is 0 Å². The highest BCUT2D eigenvalue weighted by Gasteiger charge is 2.44. The summed E-state index contributed by atoms with van der Waals surface area (Å²) in [6.07, 6.45) is 5.87. The third kappa shape index (κ3) is 5.93. The molecule has 9 heteroatoms. The topological polar surface area (TPSA) is 88.9 Å². The van der Waals surface area contributed by atoms with E-state index in [9.17, 15) is 9.59 Å². The first kappa shape index (κ1) is 27.5. The maximum Gasteiger partial charge on any atom is 0.239 e. The first-order valence-corrected chi connectivity index (χ1v) is 14.5. The second-order valence-electron chi connectivity index (χ2n) is 11.3. The van der Waals surface area contributed by atoms with E-state index in [2.05, 4.69) is 27.4 Å². The van der Waals surface area contributed by atoms with Crippen LogP contribution in [-0.2, 0) is 23.1 Å². The molecule has 2 saturated heterocycles. The fourth-order valence-electron chi connectivity index (χ4n) is 6.77. The Balaban J connectivity index is 1.31. The number of aryl methyl sites for hydroxylation is 2. The molecule has 0 unspecified atom stereocenters. The van der Waals surface area contributed by atoms with Crippen LogP contribution in [0.3, 0.4) is 0 Å². The van der Waals surface area contributed by atoms with E-state index >= 15 is 0 Å². The van der Waals surface area contributed by atoms with Gasteiger partial charge in [-0.15, -0.1) is 0 Å². The summed E-state index contributed by atoms with van der Waals surface area (Å²) in [6.45, 7) is 6.90. The molecule has 4 heterocycles. The number of carbonyl (C=O) groups excluding carboxylic acids is 2. The maximum absolute atomic E-state index is 13.3. The van der Waals surface area contributed by atoms with Crippen molar-refractivity contribution in [1.82, 2.24) is 24.9 Å². The van der Waals surface area contributed by atoms with E-state index in [0.29, 0.717) is 50.5 Å². The van der Waals surface area contributed by atoms with Crippen LogP contribution in [0.15, 0.2) is 18.2 Å². The van der Waals surface area contributed by atoms with E-state index in [1.54, 1.807) is 12.0 Å². The minimum atomic E-state index is -0.0693. The molecule has 9 nitrogen and oxygen atoms in total. The molecular weight excluding hydrogens is 494 g/mol. The number of amides is 2. The van der Waals surface area contributed by atoms with Gasteiger partial charge in [0.05, 0.1) is 26.0 Å². The van der Waals surface area contributed by atoms with Gasteiger partial charge in [0.1, 0.15) is 0 Å². The molecule has 0 radical (unpaired) electrons. The average Bonchev–Trinajstić information content (AvgIpc) is 3.59. The second kappa shape index (κ2) is 12.0. The van der Waals surface area contributed by atoms with E-state index in [4.69, 9.17) is 9.47 Å². The Labute approximate surface area is 231 Å². The minimum Gasteiger partial charge on any atom is -0.493 e. The van der Waals surface area contributed by atoms with Crippen LogP contribution < -0.4 is 14.8 Å². The number of hydrogen-bond donors (Lipinski definition) is 1. The fraction of sp³-hybridized carbons (Fsp3) is 0.633. The molecule has 2 aromatic rings. The highest BCUT2D eigenvalue weighted by molar-refractivity contribution is 5.85. The molecule has 2 fully saturated rings. The molecule has 0 spiro atoms. The molecule has 3 atom stereocenters. The van der Waals surface area contributed by atoms with Gasteiger partial charge >= 0.3 is 0 Å². The summed E-state index contributed by atoms with van der Waals surface area (Å²) in [5, 5.41) is 7.67. The van der Waals surface area contributed by atoms with E-state index in [1.807, 2.05) is 31.6 Å². The molecule has 1 aromatic heterocycles. The summed E-state index contributed by atoms with van der Waals surface area (Å²) in [7, 11) is 3.60. The molecule has 5 rings (SSSR count). The Hall–Kier alpha value is -3.07. The van der Waals surface area contributed by atoms with Gasteiger partial charge < -0.3 is 19.7 Å². The highest BCUT2D eigenvalue weighted by Crippen LogP contribution is 2.46. The Morgan fingerprint density at radius 1 is 1.21 bits per heavy atom. The number of rotatable bonds is 4. The summed E-state index contributed by atoms with van der Waals surface area (Å²) >= 11 is 0. The van der Waals surface area contributed by atoms with Crippen molar-refractivity contribution in [1.29, 1.82) is 0 Å². The van der Waals surface area contributed by atoms with E-state index in [1.165, 1.54) is 12.0 Å². The van der Waals surface area contributed by atoms with Crippen molar-refractivity contribution in [3.63, 3.8) is 0 Å². The Morgan fingerprint density at radius 3 is 2.82 bits per heavy atom. The number of ether oxygens (including phenoxy) is 2. The number of fused-ring (bicyclic) bond motifs is 8. The number of nitrogens with one attached hydrogen (secondary N) is 1. The van der Waals surface area contributed by atoms with Gasteiger partial charge in [-0.05, 0) is 88.1 Å². The first-order chi connectivity index (χ1) is 18.9. The van der Waals surface area contributed by atoms with Crippen LogP contribution in [0, 0.1) is 19.8 Å². The van der Waals surface area contributed by atoms with Crippen LogP contribution in [0.4, 0.5) is 0 Å². The Bertz CT molecular complexity index is 1190. The van der Waals surface area contributed by atoms with Gasteiger partial charge in [-0.1, -0.05) is 6.07 Å². The van der Waals surface area contributed by atoms with Crippen molar-refractivity contribution in [2.45, 2.75) is 70.9 Å². The number of aromatic nitrogens is 2. The Morgan fingerprint density at radius 2 is 2.05 bits per heavy atom. The lowest BCUT2D eigenvalue weighted by Crippen LogP contribution is -2.43. The van der Waals surface area contributed by atoms with E-state index in [0.717, 1.165) is 60.7 Å². The normalized spacial score (nSPS) is 24.3. The van der Waals surface area contributed by atoms with Gasteiger partial charge in [0.25, 0.3) is 0 Å². The lowest BCUT2D eigenvalue weighted by atomic mass is 9.94. The van der Waals surface area contributed by atoms with Crippen LogP contribution in [0.1, 0.15) is 67.1 Å². The van der Waals surface area contributed by atoms with Gasteiger partial charge in [0, 0.05) is 44.3 Å². The monoisotopic (exact) mass is 537 g/mol. The second-order valence-corrected chi connectivity index (χ2v) is 11.3.